The Morgan fingerprint density at radius 2 is 1.76 bits per heavy atom. The monoisotopic (exact) mass is 457 g/mol. The molecule has 1 N–H and O–H groups in total. The second-order valence-corrected chi connectivity index (χ2v) is 9.54. The zero-order valence-corrected chi connectivity index (χ0v) is 19.4. The number of aromatic nitrogens is 1. The molecule has 176 valence electrons. The lowest BCUT2D eigenvalue weighted by atomic mass is 9.78. The Balaban J connectivity index is 1.14. The zero-order valence-electron chi connectivity index (χ0n) is 19.4. The van der Waals surface area contributed by atoms with Gasteiger partial charge in [0.1, 0.15) is 5.69 Å². The molecule has 0 saturated carbocycles. The van der Waals surface area contributed by atoms with Gasteiger partial charge in [-0.05, 0) is 49.3 Å². The highest BCUT2D eigenvalue weighted by Gasteiger charge is 2.41. The molecule has 0 radical (unpaired) electrons. The van der Waals surface area contributed by atoms with Gasteiger partial charge in [-0.2, -0.15) is 0 Å². The number of benzene rings is 2. The highest BCUT2D eigenvalue weighted by molar-refractivity contribution is 5.95. The summed E-state index contributed by atoms with van der Waals surface area (Å²) < 4.78 is 6.25. The number of likely N-dealkylation sites (tertiary alicyclic amines) is 1. The van der Waals surface area contributed by atoms with Crippen molar-refractivity contribution in [1.82, 2.24) is 15.2 Å². The lowest BCUT2D eigenvalue weighted by molar-refractivity contribution is -0.134. The van der Waals surface area contributed by atoms with Crippen LogP contribution < -0.4 is 5.32 Å². The molecule has 0 bridgehead atoms. The number of ether oxygens (including phenoxy) is 1. The largest absolute Gasteiger partial charge is 0.375 e. The summed E-state index contributed by atoms with van der Waals surface area (Å²) in [5.74, 6) is 0.392. The normalized spacial score (nSPS) is 19.8. The van der Waals surface area contributed by atoms with Gasteiger partial charge >= 0.3 is 0 Å². The van der Waals surface area contributed by atoms with Crippen molar-refractivity contribution in [2.45, 2.75) is 44.2 Å². The first-order valence-corrected chi connectivity index (χ1v) is 12.2. The van der Waals surface area contributed by atoms with Gasteiger partial charge in [-0.15, -0.1) is 0 Å². The number of fused-ring (bicyclic) bond motifs is 1. The molecule has 2 aliphatic heterocycles. The molecule has 1 spiro atoms. The van der Waals surface area contributed by atoms with Gasteiger partial charge in [0.2, 0.25) is 5.91 Å². The van der Waals surface area contributed by atoms with Gasteiger partial charge in [0, 0.05) is 38.0 Å². The Kier molecular flexibility index (Phi) is 6.59. The quantitative estimate of drug-likeness (QED) is 0.619. The molecule has 5 rings (SSSR count). The minimum Gasteiger partial charge on any atom is -0.375 e. The maximum atomic E-state index is 13.1. The van der Waals surface area contributed by atoms with Crippen LogP contribution >= 0.6 is 0 Å². The van der Waals surface area contributed by atoms with E-state index < -0.39 is 0 Å². The number of nitrogens with zero attached hydrogens (tertiary/aromatic N) is 2. The first-order valence-electron chi connectivity index (χ1n) is 12.2. The Morgan fingerprint density at radius 3 is 2.59 bits per heavy atom. The second kappa shape index (κ2) is 9.94. The first-order chi connectivity index (χ1) is 16.6. The average Bonchev–Trinajstić information content (AvgIpc) is 2.88. The molecule has 2 saturated heterocycles. The van der Waals surface area contributed by atoms with Crippen LogP contribution in [0.5, 0.6) is 0 Å². The topological polar surface area (TPSA) is 71.5 Å². The van der Waals surface area contributed by atoms with E-state index in [-0.39, 0.29) is 17.4 Å². The van der Waals surface area contributed by atoms with E-state index in [1.165, 1.54) is 0 Å². The van der Waals surface area contributed by atoms with Crippen molar-refractivity contribution in [3.8, 4) is 0 Å². The maximum Gasteiger partial charge on any atom is 0.272 e. The Bertz CT molecular complexity index is 1160. The predicted molar refractivity (Wildman–Crippen MR) is 131 cm³/mol. The molecule has 6 nitrogen and oxygen atoms in total. The van der Waals surface area contributed by atoms with E-state index in [1.54, 1.807) is 0 Å². The van der Waals surface area contributed by atoms with Gasteiger partial charge in [0.15, 0.2) is 0 Å². The molecule has 3 aromatic rings. The molecule has 3 heterocycles. The molecule has 2 aliphatic rings. The summed E-state index contributed by atoms with van der Waals surface area (Å²) in [5.41, 5.74) is 2.21. The van der Waals surface area contributed by atoms with Gasteiger partial charge in [-0.1, -0.05) is 54.6 Å². The maximum absolute atomic E-state index is 13.1. The highest BCUT2D eigenvalue weighted by Crippen LogP contribution is 2.39. The van der Waals surface area contributed by atoms with Gasteiger partial charge in [0.05, 0.1) is 11.1 Å². The number of carbonyl (C=O) groups excluding carboxylic acids is 2. The summed E-state index contributed by atoms with van der Waals surface area (Å²) in [6.07, 6.45) is 3.91. The van der Waals surface area contributed by atoms with Gasteiger partial charge in [-0.25, -0.2) is 4.98 Å². The number of amides is 2. The highest BCUT2D eigenvalue weighted by atomic mass is 16.5. The van der Waals surface area contributed by atoms with Crippen molar-refractivity contribution in [2.24, 2.45) is 5.92 Å². The van der Waals surface area contributed by atoms with Crippen molar-refractivity contribution in [3.63, 3.8) is 0 Å². The van der Waals surface area contributed by atoms with Crippen LogP contribution in [0.25, 0.3) is 10.9 Å². The Morgan fingerprint density at radius 1 is 1.00 bits per heavy atom. The molecule has 34 heavy (non-hydrogen) atoms. The van der Waals surface area contributed by atoms with Crippen molar-refractivity contribution in [2.75, 3.05) is 19.7 Å². The summed E-state index contributed by atoms with van der Waals surface area (Å²) in [4.78, 5) is 32.1. The Hall–Kier alpha value is -3.25. The summed E-state index contributed by atoms with van der Waals surface area (Å²) in [6.45, 7) is 2.55. The fourth-order valence-corrected chi connectivity index (χ4v) is 5.25. The third-order valence-corrected chi connectivity index (χ3v) is 7.18. The summed E-state index contributed by atoms with van der Waals surface area (Å²) in [6, 6.07) is 21.6. The van der Waals surface area contributed by atoms with E-state index in [0.29, 0.717) is 44.3 Å². The van der Waals surface area contributed by atoms with Crippen LogP contribution in [0, 0.1) is 5.92 Å². The molecule has 1 unspecified atom stereocenters. The van der Waals surface area contributed by atoms with E-state index in [0.717, 1.165) is 42.1 Å². The second-order valence-electron chi connectivity index (χ2n) is 9.54. The number of nitrogens with one attached hydrogen (secondary N) is 1. The molecular weight excluding hydrogens is 426 g/mol. The number of hydrogen-bond acceptors (Lipinski definition) is 4. The zero-order chi connectivity index (χ0) is 23.4. The third kappa shape index (κ3) is 5.12. The smallest absolute Gasteiger partial charge is 0.272 e. The van der Waals surface area contributed by atoms with E-state index in [4.69, 9.17) is 4.74 Å². The fourth-order valence-electron chi connectivity index (χ4n) is 5.25. The molecule has 1 atom stereocenters. The van der Waals surface area contributed by atoms with E-state index in [9.17, 15) is 9.59 Å². The minimum atomic E-state index is -0.226. The summed E-state index contributed by atoms with van der Waals surface area (Å²) in [7, 11) is 0. The molecule has 2 fully saturated rings. The van der Waals surface area contributed by atoms with E-state index in [1.807, 2.05) is 71.6 Å². The van der Waals surface area contributed by atoms with E-state index in [2.05, 4.69) is 10.3 Å². The van der Waals surface area contributed by atoms with Gasteiger partial charge in [0.25, 0.3) is 5.91 Å². The van der Waals surface area contributed by atoms with Crippen molar-refractivity contribution >= 4 is 22.7 Å². The van der Waals surface area contributed by atoms with Crippen LogP contribution in [0.15, 0.2) is 66.7 Å². The lowest BCUT2D eigenvalue weighted by Gasteiger charge is -2.46. The summed E-state index contributed by atoms with van der Waals surface area (Å²) in [5, 5.41) is 4.08. The number of pyridine rings is 1. The molecule has 1 aromatic heterocycles. The van der Waals surface area contributed by atoms with Crippen molar-refractivity contribution < 1.29 is 14.3 Å². The SMILES string of the molecule is O=C(CC1CCOC2(CCN(C(=O)c3ccc4ccccc4n3)CC2)C1)NCc1ccccc1. The number of piperidine rings is 1. The minimum absolute atomic E-state index is 0.0201. The van der Waals surface area contributed by atoms with Crippen LogP contribution in [0.1, 0.15) is 48.2 Å². The van der Waals surface area contributed by atoms with Crippen LogP contribution in [0.2, 0.25) is 0 Å². The van der Waals surface area contributed by atoms with Gasteiger partial charge in [-0.3, -0.25) is 9.59 Å². The number of carbonyl (C=O) groups is 2. The molecule has 2 amide bonds. The molecule has 6 heteroatoms. The van der Waals surface area contributed by atoms with Crippen molar-refractivity contribution in [1.29, 1.82) is 0 Å². The Labute approximate surface area is 200 Å². The van der Waals surface area contributed by atoms with Crippen LogP contribution in [-0.2, 0) is 16.1 Å². The van der Waals surface area contributed by atoms with Crippen molar-refractivity contribution in [3.05, 3.63) is 78.0 Å². The van der Waals surface area contributed by atoms with Gasteiger partial charge < -0.3 is 15.0 Å². The molecule has 0 aliphatic carbocycles. The van der Waals surface area contributed by atoms with Crippen LogP contribution in [0.3, 0.4) is 0 Å². The summed E-state index contributed by atoms with van der Waals surface area (Å²) >= 11 is 0. The average molecular weight is 458 g/mol. The lowest BCUT2D eigenvalue weighted by Crippen LogP contribution is -2.51. The number of rotatable bonds is 5. The number of hydrogen-bond donors (Lipinski definition) is 1. The van der Waals surface area contributed by atoms with E-state index >= 15 is 0 Å². The predicted octanol–water partition coefficient (Wildman–Crippen LogP) is 4.34. The van der Waals surface area contributed by atoms with Crippen LogP contribution in [-0.4, -0.2) is 47.0 Å². The third-order valence-electron chi connectivity index (χ3n) is 7.18. The van der Waals surface area contributed by atoms with Crippen LogP contribution in [0.4, 0.5) is 0 Å². The molecule has 2 aromatic carbocycles. The number of para-hydroxylation sites is 1. The molecular formula is C28H31N3O3. The standard InChI is InChI=1S/C28H31N3O3/c32-26(29-20-21-6-2-1-3-7-21)18-22-12-17-34-28(19-22)13-15-31(16-14-28)27(33)25-11-10-23-8-4-5-9-24(23)30-25/h1-11,22H,12-20H2,(H,29,32). The first kappa shape index (κ1) is 22.5. The fraction of sp³-hybridized carbons (Fsp3) is 0.393.